The third kappa shape index (κ3) is 2.20. The Labute approximate surface area is 72.9 Å². The highest BCUT2D eigenvalue weighted by Crippen LogP contribution is 2.31. The predicted molar refractivity (Wildman–Crippen MR) is 46.3 cm³/mol. The lowest BCUT2D eigenvalue weighted by atomic mass is 10.0. The number of ketones is 1. The van der Waals surface area contributed by atoms with Gasteiger partial charge in [-0.1, -0.05) is 19.9 Å². The molecule has 1 fully saturated rings. The first-order chi connectivity index (χ1) is 5.65. The number of carbonyl (C=O) groups is 1. The molecule has 1 aliphatic carbocycles. The molecule has 0 unspecified atom stereocenters. The second-order valence-corrected chi connectivity index (χ2v) is 3.55. The number of carbonyl (C=O) groups excluding carboxylic acids is 1. The minimum atomic E-state index is -0.0605. The van der Waals surface area contributed by atoms with Gasteiger partial charge in [0.1, 0.15) is 6.07 Å². The van der Waals surface area contributed by atoms with Crippen molar-refractivity contribution in [3.8, 4) is 6.07 Å². The maximum Gasteiger partial charge on any atom is 0.175 e. The molecule has 0 radical (unpaired) electrons. The topological polar surface area (TPSA) is 40.9 Å². The van der Waals surface area contributed by atoms with E-state index >= 15 is 0 Å². The Morgan fingerprint density at radius 1 is 1.58 bits per heavy atom. The van der Waals surface area contributed by atoms with Crippen molar-refractivity contribution in [3.05, 3.63) is 11.6 Å². The Hall–Kier alpha value is -1.10. The van der Waals surface area contributed by atoms with Gasteiger partial charge >= 0.3 is 0 Å². The molecule has 0 aromatic carbocycles. The predicted octanol–water partition coefficient (Wildman–Crippen LogP) is 2.07. The van der Waals surface area contributed by atoms with E-state index in [1.165, 1.54) is 0 Å². The third-order valence-corrected chi connectivity index (χ3v) is 1.93. The summed E-state index contributed by atoms with van der Waals surface area (Å²) in [4.78, 5) is 11.3. The van der Waals surface area contributed by atoms with Gasteiger partial charge in [0.25, 0.3) is 0 Å². The van der Waals surface area contributed by atoms with Crippen molar-refractivity contribution in [2.24, 2.45) is 11.8 Å². The molecule has 2 heteroatoms. The van der Waals surface area contributed by atoms with Crippen molar-refractivity contribution in [1.29, 1.82) is 5.26 Å². The van der Waals surface area contributed by atoms with Crippen LogP contribution in [0.4, 0.5) is 0 Å². The van der Waals surface area contributed by atoms with E-state index in [1.807, 2.05) is 26.0 Å². The molecule has 0 aromatic heterocycles. The molecule has 64 valence electrons. The molecule has 0 aliphatic heterocycles. The highest BCUT2D eigenvalue weighted by Gasteiger charge is 2.22. The lowest BCUT2D eigenvalue weighted by molar-refractivity contribution is -0.117. The number of hydrogen-bond acceptors (Lipinski definition) is 2. The first-order valence-corrected chi connectivity index (χ1v) is 4.31. The Morgan fingerprint density at radius 3 is 2.50 bits per heavy atom. The maximum absolute atomic E-state index is 11.3. The van der Waals surface area contributed by atoms with Crippen LogP contribution < -0.4 is 0 Å². The van der Waals surface area contributed by atoms with Gasteiger partial charge in [0.05, 0.1) is 5.57 Å². The van der Waals surface area contributed by atoms with E-state index in [2.05, 4.69) is 0 Å². The van der Waals surface area contributed by atoms with Crippen molar-refractivity contribution >= 4 is 5.78 Å². The summed E-state index contributed by atoms with van der Waals surface area (Å²) >= 11 is 0. The highest BCUT2D eigenvalue weighted by molar-refractivity contribution is 6.00. The summed E-state index contributed by atoms with van der Waals surface area (Å²) in [6.45, 7) is 3.64. The van der Waals surface area contributed by atoms with Crippen LogP contribution in [0.15, 0.2) is 11.6 Å². The summed E-state index contributed by atoms with van der Waals surface area (Å²) in [5.41, 5.74) is 0.354. The van der Waals surface area contributed by atoms with E-state index in [0.717, 1.165) is 12.8 Å². The fourth-order valence-corrected chi connectivity index (χ4v) is 0.984. The van der Waals surface area contributed by atoms with Crippen LogP contribution in [-0.2, 0) is 4.79 Å². The quantitative estimate of drug-likeness (QED) is 0.472. The number of hydrogen-bond donors (Lipinski definition) is 0. The number of nitrogens with zero attached hydrogens (tertiary/aromatic N) is 1. The Morgan fingerprint density at radius 2 is 2.17 bits per heavy atom. The maximum atomic E-state index is 11.3. The zero-order valence-corrected chi connectivity index (χ0v) is 7.50. The molecule has 0 spiro atoms. The molecular weight excluding hydrogens is 150 g/mol. The van der Waals surface area contributed by atoms with Crippen molar-refractivity contribution in [2.45, 2.75) is 26.7 Å². The molecule has 2 nitrogen and oxygen atoms in total. The Bertz CT molecular complexity index is 254. The van der Waals surface area contributed by atoms with Gasteiger partial charge in [-0.15, -0.1) is 0 Å². The normalized spacial score (nSPS) is 17.7. The van der Waals surface area contributed by atoms with Crippen LogP contribution in [0.2, 0.25) is 0 Å². The molecule has 0 amide bonds. The van der Waals surface area contributed by atoms with E-state index < -0.39 is 0 Å². The van der Waals surface area contributed by atoms with E-state index in [0.29, 0.717) is 11.5 Å². The standard InChI is InChI=1S/C10H13NO/c1-7(2)10(12)9(6-11)5-8-3-4-8/h5,7-8H,3-4H2,1-2H3/b9-5-. The number of Topliss-reactive ketones (excluding diaryl/α,β-unsaturated/α-hetero) is 1. The molecule has 0 saturated heterocycles. The zero-order valence-electron chi connectivity index (χ0n) is 7.50. The summed E-state index contributed by atoms with van der Waals surface area (Å²) in [5, 5.41) is 8.68. The van der Waals surface area contributed by atoms with Gasteiger partial charge in [-0.25, -0.2) is 0 Å². The van der Waals surface area contributed by atoms with Crippen molar-refractivity contribution in [2.75, 3.05) is 0 Å². The first-order valence-electron chi connectivity index (χ1n) is 4.31. The fraction of sp³-hybridized carbons (Fsp3) is 0.600. The van der Waals surface area contributed by atoms with Crippen molar-refractivity contribution in [3.63, 3.8) is 0 Å². The van der Waals surface area contributed by atoms with Gasteiger partial charge in [0, 0.05) is 5.92 Å². The van der Waals surface area contributed by atoms with Crippen LogP contribution in [0, 0.1) is 23.2 Å². The molecule has 0 heterocycles. The first kappa shape index (κ1) is 8.99. The second kappa shape index (κ2) is 3.53. The minimum absolute atomic E-state index is 0.0237. The third-order valence-electron chi connectivity index (χ3n) is 1.93. The van der Waals surface area contributed by atoms with Gasteiger partial charge in [-0.3, -0.25) is 4.79 Å². The van der Waals surface area contributed by atoms with Crippen molar-refractivity contribution in [1.82, 2.24) is 0 Å². The molecule has 1 saturated carbocycles. The monoisotopic (exact) mass is 163 g/mol. The highest BCUT2D eigenvalue weighted by atomic mass is 16.1. The average Bonchev–Trinajstić information content (AvgIpc) is 2.82. The number of rotatable bonds is 3. The van der Waals surface area contributed by atoms with Crippen LogP contribution in [0.3, 0.4) is 0 Å². The van der Waals surface area contributed by atoms with Crippen LogP contribution in [-0.4, -0.2) is 5.78 Å². The van der Waals surface area contributed by atoms with E-state index in [4.69, 9.17) is 5.26 Å². The SMILES string of the molecule is CC(C)C(=O)/C(C#N)=C\C1CC1. The minimum Gasteiger partial charge on any atom is -0.293 e. The van der Waals surface area contributed by atoms with Gasteiger partial charge in [-0.05, 0) is 18.8 Å². The van der Waals surface area contributed by atoms with Crippen LogP contribution >= 0.6 is 0 Å². The number of nitriles is 1. The average molecular weight is 163 g/mol. The molecule has 0 bridgehead atoms. The summed E-state index contributed by atoms with van der Waals surface area (Å²) in [7, 11) is 0. The van der Waals surface area contributed by atoms with Gasteiger partial charge in [0.2, 0.25) is 0 Å². The lowest BCUT2D eigenvalue weighted by Gasteiger charge is -2.00. The van der Waals surface area contributed by atoms with Gasteiger partial charge in [0.15, 0.2) is 5.78 Å². The molecule has 12 heavy (non-hydrogen) atoms. The summed E-state index contributed by atoms with van der Waals surface area (Å²) in [6, 6.07) is 1.97. The van der Waals surface area contributed by atoms with Crippen LogP contribution in [0.5, 0.6) is 0 Å². The van der Waals surface area contributed by atoms with Crippen LogP contribution in [0.1, 0.15) is 26.7 Å². The molecule has 0 aromatic rings. The Kier molecular flexibility index (Phi) is 2.65. The van der Waals surface area contributed by atoms with E-state index in [-0.39, 0.29) is 11.7 Å². The lowest BCUT2D eigenvalue weighted by Crippen LogP contribution is -2.09. The van der Waals surface area contributed by atoms with Crippen molar-refractivity contribution < 1.29 is 4.79 Å². The zero-order chi connectivity index (χ0) is 9.14. The smallest absolute Gasteiger partial charge is 0.175 e. The van der Waals surface area contributed by atoms with Gasteiger partial charge in [-0.2, -0.15) is 5.26 Å². The molecule has 0 N–H and O–H groups in total. The summed E-state index contributed by atoms with van der Waals surface area (Å²) < 4.78 is 0. The van der Waals surface area contributed by atoms with E-state index in [1.54, 1.807) is 0 Å². The summed E-state index contributed by atoms with van der Waals surface area (Å²) in [5.74, 6) is 0.418. The molecular formula is C10H13NO. The molecule has 1 rings (SSSR count). The second-order valence-electron chi connectivity index (χ2n) is 3.55. The van der Waals surface area contributed by atoms with Gasteiger partial charge < -0.3 is 0 Å². The van der Waals surface area contributed by atoms with Crippen LogP contribution in [0.25, 0.3) is 0 Å². The fourth-order valence-electron chi connectivity index (χ4n) is 0.984. The number of allylic oxidation sites excluding steroid dienone is 2. The molecule has 0 atom stereocenters. The Balaban J connectivity index is 2.68. The van der Waals surface area contributed by atoms with E-state index in [9.17, 15) is 4.79 Å². The largest absolute Gasteiger partial charge is 0.293 e. The summed E-state index contributed by atoms with van der Waals surface area (Å²) in [6.07, 6.45) is 4.09. The molecule has 1 aliphatic rings.